The Balaban J connectivity index is 1.40. The van der Waals surface area contributed by atoms with Gasteiger partial charge in [-0.15, -0.1) is 0 Å². The molecule has 3 heterocycles. The minimum atomic E-state index is -4.23. The van der Waals surface area contributed by atoms with Crippen molar-refractivity contribution in [1.82, 2.24) is 19.9 Å². The summed E-state index contributed by atoms with van der Waals surface area (Å²) in [7, 11) is 0. The van der Waals surface area contributed by atoms with E-state index in [1.807, 2.05) is 4.90 Å². The monoisotopic (exact) mass is 436 g/mol. The number of alkyl halides is 3. The van der Waals surface area contributed by atoms with Crippen molar-refractivity contribution in [1.29, 1.82) is 0 Å². The van der Waals surface area contributed by atoms with Gasteiger partial charge in [-0.1, -0.05) is 0 Å². The van der Waals surface area contributed by atoms with Gasteiger partial charge in [0.05, 0.1) is 12.1 Å². The van der Waals surface area contributed by atoms with Crippen molar-refractivity contribution in [3.05, 3.63) is 24.0 Å². The maximum absolute atomic E-state index is 12.9. The molecule has 8 nitrogen and oxygen atoms in total. The van der Waals surface area contributed by atoms with E-state index in [9.17, 15) is 22.8 Å². The topological polar surface area (TPSA) is 108 Å². The van der Waals surface area contributed by atoms with Crippen LogP contribution >= 0.6 is 0 Å². The Morgan fingerprint density at radius 2 is 1.94 bits per heavy atom. The third-order valence-electron chi connectivity index (χ3n) is 5.98. The van der Waals surface area contributed by atoms with E-state index in [1.54, 1.807) is 23.4 Å². The second-order valence-electron chi connectivity index (χ2n) is 7.97. The van der Waals surface area contributed by atoms with Gasteiger partial charge in [-0.25, -0.2) is 9.97 Å². The van der Waals surface area contributed by atoms with E-state index in [0.29, 0.717) is 55.1 Å². The quantitative estimate of drug-likeness (QED) is 0.714. The number of carbonyl (C=O) groups is 2. The summed E-state index contributed by atoms with van der Waals surface area (Å²) in [5.74, 6) is -2.04. The Hall–Kier alpha value is -3.11. The van der Waals surface area contributed by atoms with Crippen LogP contribution in [0, 0.1) is 11.8 Å². The highest BCUT2D eigenvalue weighted by molar-refractivity contribution is 5.93. The first-order chi connectivity index (χ1) is 14.7. The van der Waals surface area contributed by atoms with Gasteiger partial charge in [0.2, 0.25) is 11.8 Å². The second kappa shape index (κ2) is 8.20. The molecule has 1 saturated heterocycles. The van der Waals surface area contributed by atoms with Gasteiger partial charge in [0.15, 0.2) is 5.65 Å². The van der Waals surface area contributed by atoms with Gasteiger partial charge in [0.25, 0.3) is 0 Å². The molecule has 4 rings (SSSR count). The molecule has 0 bridgehead atoms. The van der Waals surface area contributed by atoms with Crippen molar-refractivity contribution in [2.45, 2.75) is 25.4 Å². The summed E-state index contributed by atoms with van der Waals surface area (Å²) < 4.78 is 38.7. The molecule has 3 N–H and O–H groups in total. The summed E-state index contributed by atoms with van der Waals surface area (Å²) in [6, 6.07) is 0. The molecular weight excluding hydrogens is 413 g/mol. The standard InChI is InChI=1S/C20H23F3N6O2/c21-20(22,23)14-3-1-12(9-14)19(31)29-7-5-28(6-8-29)16-11-26-18-17(27-16)13(10-25-18)2-4-15(24)30/h2,4,10-12,14H,1,3,5-9H2,(H2,24,30)(H,25,26)/b4-2+/t12-,14+/m1/s1. The lowest BCUT2D eigenvalue weighted by Crippen LogP contribution is -2.50. The molecule has 0 unspecified atom stereocenters. The largest absolute Gasteiger partial charge is 0.391 e. The molecule has 2 aromatic heterocycles. The zero-order chi connectivity index (χ0) is 22.2. The maximum Gasteiger partial charge on any atom is 0.391 e. The van der Waals surface area contributed by atoms with Gasteiger partial charge >= 0.3 is 6.18 Å². The zero-order valence-electron chi connectivity index (χ0n) is 16.7. The van der Waals surface area contributed by atoms with Crippen LogP contribution in [0.25, 0.3) is 17.2 Å². The normalized spacial score (nSPS) is 22.5. The van der Waals surface area contributed by atoms with E-state index in [0.717, 1.165) is 0 Å². The van der Waals surface area contributed by atoms with E-state index < -0.39 is 23.9 Å². The van der Waals surface area contributed by atoms with Gasteiger partial charge < -0.3 is 20.5 Å². The number of rotatable bonds is 4. The van der Waals surface area contributed by atoms with E-state index in [1.165, 1.54) is 6.08 Å². The van der Waals surface area contributed by atoms with Crippen molar-refractivity contribution in [2.75, 3.05) is 31.1 Å². The zero-order valence-corrected chi connectivity index (χ0v) is 16.7. The number of fused-ring (bicyclic) bond motifs is 1. The number of halogens is 3. The molecule has 1 saturated carbocycles. The number of piperazine rings is 1. The molecule has 2 aromatic rings. The average molecular weight is 436 g/mol. The molecule has 166 valence electrons. The van der Waals surface area contributed by atoms with Crippen LogP contribution < -0.4 is 10.6 Å². The number of nitrogens with two attached hydrogens (primary N) is 1. The van der Waals surface area contributed by atoms with Gasteiger partial charge in [-0.05, 0) is 25.3 Å². The summed E-state index contributed by atoms with van der Waals surface area (Å²) in [5, 5.41) is 0. The van der Waals surface area contributed by atoms with Crippen molar-refractivity contribution in [3.63, 3.8) is 0 Å². The number of amides is 2. The van der Waals surface area contributed by atoms with Gasteiger partial charge in [0, 0.05) is 49.9 Å². The molecule has 2 fully saturated rings. The molecule has 1 aliphatic heterocycles. The number of H-pyrrole nitrogens is 1. The molecular formula is C20H23F3N6O2. The fourth-order valence-corrected chi connectivity index (χ4v) is 4.27. The van der Waals surface area contributed by atoms with Crippen LogP contribution in [0.2, 0.25) is 0 Å². The van der Waals surface area contributed by atoms with Crippen molar-refractivity contribution < 1.29 is 22.8 Å². The third-order valence-corrected chi connectivity index (χ3v) is 5.98. The SMILES string of the molecule is NC(=O)/C=C/c1c[nH]c2ncc(N3CCN(C(=O)[C@@H]4CC[C@H](C(F)(F)F)C4)CC3)nc12. The Morgan fingerprint density at radius 1 is 1.19 bits per heavy atom. The lowest BCUT2D eigenvalue weighted by atomic mass is 10.0. The van der Waals surface area contributed by atoms with Gasteiger partial charge in [0.1, 0.15) is 11.3 Å². The lowest BCUT2D eigenvalue weighted by Gasteiger charge is -2.36. The Morgan fingerprint density at radius 3 is 2.58 bits per heavy atom. The van der Waals surface area contributed by atoms with Crippen LogP contribution in [0.1, 0.15) is 24.8 Å². The predicted octanol–water partition coefficient (Wildman–Crippen LogP) is 2.08. The number of nitrogens with zero attached hydrogens (tertiary/aromatic N) is 4. The molecule has 1 aliphatic carbocycles. The highest BCUT2D eigenvalue weighted by atomic mass is 19.4. The minimum Gasteiger partial charge on any atom is -0.366 e. The van der Waals surface area contributed by atoms with E-state index >= 15 is 0 Å². The molecule has 2 aliphatic rings. The fourth-order valence-electron chi connectivity index (χ4n) is 4.27. The van der Waals surface area contributed by atoms with Crippen LogP contribution in [0.4, 0.5) is 19.0 Å². The number of primary amides is 1. The molecule has 31 heavy (non-hydrogen) atoms. The molecule has 2 amide bonds. The Kier molecular flexibility index (Phi) is 5.59. The summed E-state index contributed by atoms with van der Waals surface area (Å²) >= 11 is 0. The van der Waals surface area contributed by atoms with Crippen molar-refractivity contribution >= 4 is 34.9 Å². The van der Waals surface area contributed by atoms with E-state index in [-0.39, 0.29) is 18.7 Å². The van der Waals surface area contributed by atoms with Crippen molar-refractivity contribution in [2.24, 2.45) is 17.6 Å². The van der Waals surface area contributed by atoms with Crippen LogP contribution in [-0.4, -0.2) is 64.0 Å². The lowest BCUT2D eigenvalue weighted by molar-refractivity contribution is -0.173. The summed E-state index contributed by atoms with van der Waals surface area (Å²) in [6.45, 7) is 1.87. The van der Waals surface area contributed by atoms with Crippen LogP contribution in [0.3, 0.4) is 0 Å². The first-order valence-electron chi connectivity index (χ1n) is 10.1. The number of hydrogen-bond donors (Lipinski definition) is 2. The smallest absolute Gasteiger partial charge is 0.366 e. The Labute approximate surface area is 176 Å². The minimum absolute atomic E-state index is 0.0265. The number of carbonyl (C=O) groups excluding carboxylic acids is 2. The number of hydrogen-bond acceptors (Lipinski definition) is 5. The van der Waals surface area contributed by atoms with Gasteiger partial charge in [-0.2, -0.15) is 13.2 Å². The summed E-state index contributed by atoms with van der Waals surface area (Å²) in [4.78, 5) is 39.3. The summed E-state index contributed by atoms with van der Waals surface area (Å²) in [6.07, 6.45) is 2.09. The molecule has 0 aromatic carbocycles. The summed E-state index contributed by atoms with van der Waals surface area (Å²) in [5.41, 5.74) is 6.99. The molecule has 11 heteroatoms. The highest BCUT2D eigenvalue weighted by Crippen LogP contribution is 2.42. The number of aromatic amines is 1. The Bertz CT molecular complexity index is 1010. The van der Waals surface area contributed by atoms with Crippen molar-refractivity contribution in [3.8, 4) is 0 Å². The molecule has 0 spiro atoms. The molecule has 2 atom stereocenters. The highest BCUT2D eigenvalue weighted by Gasteiger charge is 2.46. The second-order valence-corrected chi connectivity index (χ2v) is 7.97. The third kappa shape index (κ3) is 4.49. The van der Waals surface area contributed by atoms with Crippen LogP contribution in [0.5, 0.6) is 0 Å². The molecule has 0 radical (unpaired) electrons. The number of anilines is 1. The van der Waals surface area contributed by atoms with E-state index in [4.69, 9.17) is 5.73 Å². The number of aromatic nitrogens is 3. The predicted molar refractivity (Wildman–Crippen MR) is 108 cm³/mol. The number of nitrogens with one attached hydrogen (secondary N) is 1. The van der Waals surface area contributed by atoms with Crippen LogP contribution in [0.15, 0.2) is 18.5 Å². The maximum atomic E-state index is 12.9. The van der Waals surface area contributed by atoms with Crippen LogP contribution in [-0.2, 0) is 9.59 Å². The first kappa shape index (κ1) is 21.1. The van der Waals surface area contributed by atoms with E-state index in [2.05, 4.69) is 15.0 Å². The average Bonchev–Trinajstić information content (AvgIpc) is 3.39. The fraction of sp³-hybridized carbons (Fsp3) is 0.500. The first-order valence-corrected chi connectivity index (χ1v) is 10.1. The van der Waals surface area contributed by atoms with Gasteiger partial charge in [-0.3, -0.25) is 9.59 Å².